The van der Waals surface area contributed by atoms with Gasteiger partial charge < -0.3 is 4.90 Å². The number of hydrogen-bond acceptors (Lipinski definition) is 3. The Hall–Kier alpha value is -4.15. The van der Waals surface area contributed by atoms with Crippen LogP contribution in [0.3, 0.4) is 0 Å². The molecule has 0 saturated heterocycles. The van der Waals surface area contributed by atoms with E-state index in [1.165, 1.54) is 0 Å². The molecule has 5 aromatic rings. The Balaban J connectivity index is 1.52. The van der Waals surface area contributed by atoms with E-state index in [1.807, 2.05) is 66.7 Å². The van der Waals surface area contributed by atoms with E-state index < -0.39 is 9.84 Å². The summed E-state index contributed by atoms with van der Waals surface area (Å²) in [5.74, 6) is 0. The number of nitrogens with zero attached hydrogens (tertiary/aromatic N) is 1. The Morgan fingerprint density at radius 2 is 0.882 bits per heavy atom. The lowest BCUT2D eigenvalue weighted by atomic mass is 10.0. The maximum absolute atomic E-state index is 12.9. The van der Waals surface area contributed by atoms with Gasteiger partial charge in [-0.25, -0.2) is 8.42 Å². The van der Waals surface area contributed by atoms with Crippen LogP contribution in [0.2, 0.25) is 0 Å². The highest BCUT2D eigenvalue weighted by molar-refractivity contribution is 7.91. The van der Waals surface area contributed by atoms with Gasteiger partial charge in [-0.05, 0) is 71.8 Å². The summed E-state index contributed by atoms with van der Waals surface area (Å²) in [4.78, 5) is 2.79. The molecule has 5 aromatic carbocycles. The van der Waals surface area contributed by atoms with Gasteiger partial charge in [-0.15, -0.1) is 0 Å². The van der Waals surface area contributed by atoms with E-state index in [1.54, 1.807) is 36.4 Å². The Labute approximate surface area is 200 Å². The Morgan fingerprint density at radius 3 is 1.44 bits per heavy atom. The standard InChI is InChI=1S/C30H23NO2S/c32-34(33,29-17-8-3-9-18-29)30-21-19-24(20-22-30)25-11-10-16-28(23-25)31(26-12-4-1-5-13-26)27-14-6-2-7-15-27/h1-23H. The number of rotatable bonds is 6. The number of hydrogen-bond donors (Lipinski definition) is 0. The molecule has 0 fully saturated rings. The van der Waals surface area contributed by atoms with Crippen LogP contribution in [0.5, 0.6) is 0 Å². The summed E-state index contributed by atoms with van der Waals surface area (Å²) in [6.45, 7) is 0. The van der Waals surface area contributed by atoms with Crippen molar-refractivity contribution in [3.63, 3.8) is 0 Å². The second kappa shape index (κ2) is 9.38. The van der Waals surface area contributed by atoms with Crippen molar-refractivity contribution in [1.29, 1.82) is 0 Å². The molecule has 0 unspecified atom stereocenters. The maximum atomic E-state index is 12.9. The van der Waals surface area contributed by atoms with Gasteiger partial charge in [-0.3, -0.25) is 0 Å². The number of sulfone groups is 1. The fraction of sp³-hybridized carbons (Fsp3) is 0. The van der Waals surface area contributed by atoms with Gasteiger partial charge in [0.2, 0.25) is 9.84 Å². The Morgan fingerprint density at radius 1 is 0.412 bits per heavy atom. The van der Waals surface area contributed by atoms with Crippen LogP contribution in [-0.4, -0.2) is 8.42 Å². The fourth-order valence-electron chi connectivity index (χ4n) is 3.99. The van der Waals surface area contributed by atoms with Crippen LogP contribution in [-0.2, 0) is 9.84 Å². The maximum Gasteiger partial charge on any atom is 0.206 e. The summed E-state index contributed by atoms with van der Waals surface area (Å²) in [6.07, 6.45) is 0. The van der Waals surface area contributed by atoms with E-state index in [0.29, 0.717) is 4.90 Å². The van der Waals surface area contributed by atoms with Crippen molar-refractivity contribution in [3.05, 3.63) is 140 Å². The summed E-state index contributed by atoms with van der Waals surface area (Å²) in [5.41, 5.74) is 5.12. The zero-order chi connectivity index (χ0) is 23.4. The molecule has 0 heterocycles. The molecule has 0 aromatic heterocycles. The second-order valence-electron chi connectivity index (χ2n) is 7.90. The zero-order valence-corrected chi connectivity index (χ0v) is 19.3. The van der Waals surface area contributed by atoms with Gasteiger partial charge in [0, 0.05) is 17.1 Å². The highest BCUT2D eigenvalue weighted by Gasteiger charge is 2.17. The third-order valence-corrected chi connectivity index (χ3v) is 7.47. The summed E-state index contributed by atoms with van der Waals surface area (Å²) in [7, 11) is -3.54. The lowest BCUT2D eigenvalue weighted by molar-refractivity contribution is 0.596. The van der Waals surface area contributed by atoms with Gasteiger partial charge in [0.15, 0.2) is 0 Å². The Kier molecular flexibility index (Phi) is 5.98. The third-order valence-electron chi connectivity index (χ3n) is 5.68. The summed E-state index contributed by atoms with van der Waals surface area (Å²) in [5, 5.41) is 0. The normalized spacial score (nSPS) is 11.2. The summed E-state index contributed by atoms with van der Waals surface area (Å²) >= 11 is 0. The van der Waals surface area contributed by atoms with Crippen LogP contribution in [0.25, 0.3) is 11.1 Å². The molecule has 166 valence electrons. The van der Waals surface area contributed by atoms with Crippen LogP contribution < -0.4 is 4.90 Å². The van der Waals surface area contributed by atoms with Gasteiger partial charge in [0.25, 0.3) is 0 Å². The van der Waals surface area contributed by atoms with E-state index in [-0.39, 0.29) is 4.90 Å². The molecule has 3 nitrogen and oxygen atoms in total. The van der Waals surface area contributed by atoms with Crippen molar-refractivity contribution in [2.45, 2.75) is 9.79 Å². The molecule has 0 atom stereocenters. The highest BCUT2D eigenvalue weighted by Crippen LogP contribution is 2.36. The smallest absolute Gasteiger partial charge is 0.206 e. The zero-order valence-electron chi connectivity index (χ0n) is 18.5. The molecule has 0 radical (unpaired) electrons. The molecule has 0 bridgehead atoms. The van der Waals surface area contributed by atoms with Crippen molar-refractivity contribution < 1.29 is 8.42 Å². The first-order valence-electron chi connectivity index (χ1n) is 11.0. The first-order valence-corrected chi connectivity index (χ1v) is 12.5. The van der Waals surface area contributed by atoms with Gasteiger partial charge >= 0.3 is 0 Å². The van der Waals surface area contributed by atoms with Gasteiger partial charge in [-0.1, -0.05) is 78.9 Å². The van der Waals surface area contributed by atoms with Crippen molar-refractivity contribution >= 4 is 26.9 Å². The molecule has 0 spiro atoms. The lowest BCUT2D eigenvalue weighted by Gasteiger charge is -2.25. The van der Waals surface area contributed by atoms with Gasteiger partial charge in [-0.2, -0.15) is 0 Å². The van der Waals surface area contributed by atoms with E-state index in [9.17, 15) is 8.42 Å². The molecule has 5 rings (SSSR count). The predicted octanol–water partition coefficient (Wildman–Crippen LogP) is 7.66. The first-order chi connectivity index (χ1) is 16.6. The van der Waals surface area contributed by atoms with Crippen molar-refractivity contribution in [3.8, 4) is 11.1 Å². The number of para-hydroxylation sites is 2. The second-order valence-corrected chi connectivity index (χ2v) is 9.85. The van der Waals surface area contributed by atoms with Gasteiger partial charge in [0.05, 0.1) is 9.79 Å². The van der Waals surface area contributed by atoms with E-state index in [0.717, 1.165) is 28.2 Å². The Bertz CT molecular complexity index is 1440. The third kappa shape index (κ3) is 4.36. The molecule has 0 saturated carbocycles. The molecule has 34 heavy (non-hydrogen) atoms. The molecule has 0 aliphatic heterocycles. The summed E-state index contributed by atoms with van der Waals surface area (Å²) < 4.78 is 25.9. The van der Waals surface area contributed by atoms with Crippen molar-refractivity contribution in [1.82, 2.24) is 0 Å². The minimum Gasteiger partial charge on any atom is -0.310 e. The average molecular weight is 462 g/mol. The monoisotopic (exact) mass is 461 g/mol. The predicted molar refractivity (Wildman–Crippen MR) is 138 cm³/mol. The topological polar surface area (TPSA) is 37.4 Å². The first kappa shape index (κ1) is 21.7. The average Bonchev–Trinajstić information content (AvgIpc) is 2.91. The number of anilines is 3. The van der Waals surface area contributed by atoms with E-state index >= 15 is 0 Å². The van der Waals surface area contributed by atoms with E-state index in [4.69, 9.17) is 0 Å². The highest BCUT2D eigenvalue weighted by atomic mass is 32.2. The van der Waals surface area contributed by atoms with Crippen LogP contribution in [0.15, 0.2) is 149 Å². The van der Waals surface area contributed by atoms with Crippen LogP contribution in [0, 0.1) is 0 Å². The molecule has 0 amide bonds. The number of benzene rings is 5. The minimum atomic E-state index is -3.54. The molecule has 4 heteroatoms. The summed E-state index contributed by atoms with van der Waals surface area (Å²) in [6, 6.07) is 44.3. The van der Waals surface area contributed by atoms with Gasteiger partial charge in [0.1, 0.15) is 0 Å². The van der Waals surface area contributed by atoms with Crippen LogP contribution in [0.4, 0.5) is 17.1 Å². The quantitative estimate of drug-likeness (QED) is 0.260. The molecule has 0 N–H and O–H groups in total. The molecule has 0 aliphatic carbocycles. The van der Waals surface area contributed by atoms with Crippen molar-refractivity contribution in [2.24, 2.45) is 0 Å². The van der Waals surface area contributed by atoms with Crippen molar-refractivity contribution in [2.75, 3.05) is 4.90 Å². The van der Waals surface area contributed by atoms with E-state index in [2.05, 4.69) is 41.3 Å². The van der Waals surface area contributed by atoms with Crippen LogP contribution in [0.1, 0.15) is 0 Å². The minimum absolute atomic E-state index is 0.286. The molecule has 0 aliphatic rings. The molecular weight excluding hydrogens is 438 g/mol. The fourth-order valence-corrected chi connectivity index (χ4v) is 5.27. The van der Waals surface area contributed by atoms with Crippen LogP contribution >= 0.6 is 0 Å². The SMILES string of the molecule is O=S(=O)(c1ccccc1)c1ccc(-c2cccc(N(c3ccccc3)c3ccccc3)c2)cc1. The lowest BCUT2D eigenvalue weighted by Crippen LogP contribution is -2.09. The largest absolute Gasteiger partial charge is 0.310 e. The molecular formula is C30H23NO2S.